The molecule has 0 fully saturated rings. The van der Waals surface area contributed by atoms with Crippen LogP contribution in [-0.4, -0.2) is 17.4 Å². The zero-order valence-electron chi connectivity index (χ0n) is 12.3. The van der Waals surface area contributed by atoms with E-state index in [4.69, 9.17) is 11.6 Å². The first-order chi connectivity index (χ1) is 11.1. The van der Waals surface area contributed by atoms with Crippen molar-refractivity contribution in [1.29, 1.82) is 0 Å². The van der Waals surface area contributed by atoms with Crippen LogP contribution in [0.5, 0.6) is 0 Å². The van der Waals surface area contributed by atoms with Crippen molar-refractivity contribution < 1.29 is 4.79 Å². The summed E-state index contributed by atoms with van der Waals surface area (Å²) in [6, 6.07) is 16.4. The van der Waals surface area contributed by atoms with Crippen molar-refractivity contribution in [3.05, 3.63) is 81.2 Å². The zero-order chi connectivity index (χ0) is 16.2. The van der Waals surface area contributed by atoms with E-state index >= 15 is 0 Å². The third kappa shape index (κ3) is 3.60. The number of aromatic amines is 1. The van der Waals surface area contributed by atoms with Gasteiger partial charge in [-0.25, -0.2) is 0 Å². The van der Waals surface area contributed by atoms with Crippen molar-refractivity contribution >= 4 is 28.3 Å². The van der Waals surface area contributed by atoms with Gasteiger partial charge in [0.25, 0.3) is 11.5 Å². The molecule has 116 valence electrons. The standard InChI is InChI=1S/C18H15ClN2O2/c19-14-6-3-4-12(10-14)8-9-20-18(23)16-11-13-5-1-2-7-15(13)17(22)21-16/h1-7,10-11H,8-9H2,(H,20,23)(H,21,22). The van der Waals surface area contributed by atoms with Gasteiger partial charge < -0.3 is 10.3 Å². The fraction of sp³-hybridized carbons (Fsp3) is 0.111. The summed E-state index contributed by atoms with van der Waals surface area (Å²) >= 11 is 5.93. The van der Waals surface area contributed by atoms with E-state index in [1.165, 1.54) is 0 Å². The Morgan fingerprint density at radius 1 is 1.09 bits per heavy atom. The van der Waals surface area contributed by atoms with Gasteiger partial charge in [-0.05, 0) is 41.6 Å². The number of rotatable bonds is 4. The summed E-state index contributed by atoms with van der Waals surface area (Å²) in [5.41, 5.74) is 1.05. The third-order valence-electron chi connectivity index (χ3n) is 3.59. The number of hydrogen-bond donors (Lipinski definition) is 2. The second kappa shape index (κ2) is 6.67. The molecule has 4 nitrogen and oxygen atoms in total. The second-order valence-corrected chi connectivity index (χ2v) is 5.67. The van der Waals surface area contributed by atoms with E-state index in [-0.39, 0.29) is 17.2 Å². The van der Waals surface area contributed by atoms with Gasteiger partial charge in [0.2, 0.25) is 0 Å². The molecule has 23 heavy (non-hydrogen) atoms. The average molecular weight is 327 g/mol. The summed E-state index contributed by atoms with van der Waals surface area (Å²) in [7, 11) is 0. The number of benzene rings is 2. The lowest BCUT2D eigenvalue weighted by atomic mass is 10.1. The molecular weight excluding hydrogens is 312 g/mol. The Bertz CT molecular complexity index is 918. The zero-order valence-corrected chi connectivity index (χ0v) is 13.1. The molecule has 0 saturated heterocycles. The van der Waals surface area contributed by atoms with E-state index in [1.54, 1.807) is 18.2 Å². The van der Waals surface area contributed by atoms with Crippen molar-refractivity contribution in [3.8, 4) is 0 Å². The molecule has 0 bridgehead atoms. The van der Waals surface area contributed by atoms with Gasteiger partial charge in [0.1, 0.15) is 5.69 Å². The van der Waals surface area contributed by atoms with Gasteiger partial charge in [0.05, 0.1) is 0 Å². The van der Waals surface area contributed by atoms with E-state index in [1.807, 2.05) is 36.4 Å². The molecule has 0 saturated carbocycles. The molecule has 3 aromatic rings. The molecule has 0 aliphatic carbocycles. The number of H-pyrrole nitrogens is 1. The molecule has 0 spiro atoms. The Morgan fingerprint density at radius 2 is 1.91 bits per heavy atom. The quantitative estimate of drug-likeness (QED) is 0.773. The van der Waals surface area contributed by atoms with Crippen LogP contribution in [0.25, 0.3) is 10.8 Å². The van der Waals surface area contributed by atoms with Crippen LogP contribution in [0.4, 0.5) is 0 Å². The molecule has 3 rings (SSSR count). The van der Waals surface area contributed by atoms with Gasteiger partial charge in [-0.1, -0.05) is 41.9 Å². The predicted octanol–water partition coefficient (Wildman–Crippen LogP) is 3.15. The number of carbonyl (C=O) groups excluding carboxylic acids is 1. The van der Waals surface area contributed by atoms with Gasteiger partial charge in [0.15, 0.2) is 0 Å². The van der Waals surface area contributed by atoms with Crippen LogP contribution in [-0.2, 0) is 6.42 Å². The van der Waals surface area contributed by atoms with Crippen LogP contribution in [0, 0.1) is 0 Å². The molecule has 0 aliphatic heterocycles. The minimum absolute atomic E-state index is 0.261. The van der Waals surface area contributed by atoms with Gasteiger partial charge >= 0.3 is 0 Å². The molecule has 2 N–H and O–H groups in total. The van der Waals surface area contributed by atoms with Crippen molar-refractivity contribution in [2.45, 2.75) is 6.42 Å². The van der Waals surface area contributed by atoms with Crippen LogP contribution >= 0.6 is 11.6 Å². The second-order valence-electron chi connectivity index (χ2n) is 5.24. The molecule has 0 aliphatic rings. The normalized spacial score (nSPS) is 10.7. The summed E-state index contributed by atoms with van der Waals surface area (Å²) in [5, 5.41) is 4.80. The maximum Gasteiger partial charge on any atom is 0.267 e. The first-order valence-corrected chi connectivity index (χ1v) is 7.66. The number of halogens is 1. The summed E-state index contributed by atoms with van der Waals surface area (Å²) in [4.78, 5) is 26.8. The Hall–Kier alpha value is -2.59. The number of carbonyl (C=O) groups is 1. The maximum absolute atomic E-state index is 12.2. The molecule has 1 amide bonds. The van der Waals surface area contributed by atoms with Crippen LogP contribution < -0.4 is 10.9 Å². The molecule has 2 aromatic carbocycles. The Labute approximate surface area is 138 Å². The predicted molar refractivity (Wildman–Crippen MR) is 92.1 cm³/mol. The molecular formula is C18H15ClN2O2. The minimum Gasteiger partial charge on any atom is -0.350 e. The molecule has 1 heterocycles. The lowest BCUT2D eigenvalue weighted by Gasteiger charge is -2.07. The minimum atomic E-state index is -0.296. The average Bonchev–Trinajstić information content (AvgIpc) is 2.55. The van der Waals surface area contributed by atoms with Gasteiger partial charge in [-0.15, -0.1) is 0 Å². The maximum atomic E-state index is 12.2. The monoisotopic (exact) mass is 326 g/mol. The van der Waals surface area contributed by atoms with E-state index in [2.05, 4.69) is 10.3 Å². The van der Waals surface area contributed by atoms with E-state index in [0.29, 0.717) is 23.4 Å². The van der Waals surface area contributed by atoms with Crippen LogP contribution in [0.3, 0.4) is 0 Å². The lowest BCUT2D eigenvalue weighted by Crippen LogP contribution is -2.28. The summed E-state index contributed by atoms with van der Waals surface area (Å²) in [6.07, 6.45) is 0.671. The number of pyridine rings is 1. The third-order valence-corrected chi connectivity index (χ3v) is 3.82. The van der Waals surface area contributed by atoms with Gasteiger partial charge in [0, 0.05) is 17.0 Å². The summed E-state index contributed by atoms with van der Waals surface area (Å²) in [6.45, 7) is 0.466. The molecule has 0 atom stereocenters. The van der Waals surface area contributed by atoms with Crippen LogP contribution in [0.1, 0.15) is 16.1 Å². The highest BCUT2D eigenvalue weighted by atomic mass is 35.5. The number of nitrogens with one attached hydrogen (secondary N) is 2. The highest BCUT2D eigenvalue weighted by Crippen LogP contribution is 2.11. The lowest BCUT2D eigenvalue weighted by molar-refractivity contribution is 0.0949. The summed E-state index contributed by atoms with van der Waals surface area (Å²) < 4.78 is 0. The molecule has 0 unspecified atom stereocenters. The highest BCUT2D eigenvalue weighted by Gasteiger charge is 2.08. The fourth-order valence-electron chi connectivity index (χ4n) is 2.44. The van der Waals surface area contributed by atoms with Crippen molar-refractivity contribution in [2.75, 3.05) is 6.54 Å². The van der Waals surface area contributed by atoms with Crippen molar-refractivity contribution in [2.24, 2.45) is 0 Å². The topological polar surface area (TPSA) is 62.0 Å². The van der Waals surface area contributed by atoms with Gasteiger partial charge in [-0.2, -0.15) is 0 Å². The number of amides is 1. The fourth-order valence-corrected chi connectivity index (χ4v) is 2.65. The highest BCUT2D eigenvalue weighted by molar-refractivity contribution is 6.30. The first kappa shape index (κ1) is 15.3. The summed E-state index contributed by atoms with van der Waals surface area (Å²) in [5.74, 6) is -0.296. The number of fused-ring (bicyclic) bond motifs is 1. The van der Waals surface area contributed by atoms with Gasteiger partial charge in [-0.3, -0.25) is 9.59 Å². The van der Waals surface area contributed by atoms with Crippen LogP contribution in [0.15, 0.2) is 59.4 Å². The van der Waals surface area contributed by atoms with E-state index in [0.717, 1.165) is 10.9 Å². The van der Waals surface area contributed by atoms with Crippen LogP contribution in [0.2, 0.25) is 5.02 Å². The Kier molecular flexibility index (Phi) is 4.44. The SMILES string of the molecule is O=C(NCCc1cccc(Cl)c1)c1cc2ccccc2c(=O)[nH]1. The Balaban J connectivity index is 1.70. The van der Waals surface area contributed by atoms with Crippen molar-refractivity contribution in [1.82, 2.24) is 10.3 Å². The smallest absolute Gasteiger partial charge is 0.267 e. The van der Waals surface area contributed by atoms with E-state index in [9.17, 15) is 9.59 Å². The molecule has 5 heteroatoms. The first-order valence-electron chi connectivity index (χ1n) is 7.28. The Morgan fingerprint density at radius 3 is 2.74 bits per heavy atom. The number of hydrogen-bond acceptors (Lipinski definition) is 2. The molecule has 1 aromatic heterocycles. The van der Waals surface area contributed by atoms with Crippen molar-refractivity contribution in [3.63, 3.8) is 0 Å². The largest absolute Gasteiger partial charge is 0.350 e. The number of aromatic nitrogens is 1. The molecule has 0 radical (unpaired) electrons. The van der Waals surface area contributed by atoms with E-state index < -0.39 is 0 Å².